The third kappa shape index (κ3) is 3.28. The predicted molar refractivity (Wildman–Crippen MR) is 74.4 cm³/mol. The van der Waals surface area contributed by atoms with Crippen LogP contribution in [0.15, 0.2) is 36.5 Å². The first kappa shape index (κ1) is 13.0. The molecule has 2 rings (SSSR count). The van der Waals surface area contributed by atoms with Gasteiger partial charge < -0.3 is 10.4 Å². The minimum absolute atomic E-state index is 0.243. The summed E-state index contributed by atoms with van der Waals surface area (Å²) in [5.41, 5.74) is 2.29. The molecule has 0 aliphatic carbocycles. The Morgan fingerprint density at radius 2 is 2.22 bits per heavy atom. The Labute approximate surface area is 108 Å². The monoisotopic (exact) mass is 244 g/mol. The van der Waals surface area contributed by atoms with Gasteiger partial charge in [0, 0.05) is 30.8 Å². The van der Waals surface area contributed by atoms with Gasteiger partial charge in [0.05, 0.1) is 5.52 Å². The van der Waals surface area contributed by atoms with E-state index in [1.165, 1.54) is 10.9 Å². The van der Waals surface area contributed by atoms with Gasteiger partial charge in [-0.3, -0.25) is 4.98 Å². The number of aliphatic hydroxyl groups is 1. The molecular formula is C15H20N2O. The Morgan fingerprint density at radius 3 is 3.00 bits per heavy atom. The van der Waals surface area contributed by atoms with E-state index in [1.807, 2.05) is 12.3 Å². The van der Waals surface area contributed by atoms with Crippen LogP contribution in [0.2, 0.25) is 0 Å². The van der Waals surface area contributed by atoms with E-state index in [0.717, 1.165) is 24.9 Å². The van der Waals surface area contributed by atoms with Gasteiger partial charge in [0.15, 0.2) is 0 Å². The molecule has 3 nitrogen and oxygen atoms in total. The highest BCUT2D eigenvalue weighted by Crippen LogP contribution is 2.13. The fourth-order valence-electron chi connectivity index (χ4n) is 2.10. The van der Waals surface area contributed by atoms with Crippen LogP contribution in [0.25, 0.3) is 10.9 Å². The summed E-state index contributed by atoms with van der Waals surface area (Å²) < 4.78 is 0. The van der Waals surface area contributed by atoms with Gasteiger partial charge in [-0.1, -0.05) is 19.1 Å². The summed E-state index contributed by atoms with van der Waals surface area (Å²) >= 11 is 0. The highest BCUT2D eigenvalue weighted by Gasteiger charge is 2.04. The van der Waals surface area contributed by atoms with Crippen molar-refractivity contribution in [2.45, 2.75) is 32.4 Å². The van der Waals surface area contributed by atoms with E-state index in [4.69, 9.17) is 5.11 Å². The lowest BCUT2D eigenvalue weighted by molar-refractivity contribution is 0.262. The minimum atomic E-state index is 0.243. The van der Waals surface area contributed by atoms with Crippen molar-refractivity contribution in [1.82, 2.24) is 10.3 Å². The van der Waals surface area contributed by atoms with Crippen molar-refractivity contribution >= 4 is 10.9 Å². The summed E-state index contributed by atoms with van der Waals surface area (Å²) in [4.78, 5) is 4.31. The van der Waals surface area contributed by atoms with E-state index in [1.54, 1.807) is 0 Å². The SMILES string of the molecule is CCC(CCO)NCc1ccc2ncccc2c1. The van der Waals surface area contributed by atoms with Gasteiger partial charge in [0.25, 0.3) is 0 Å². The first-order chi connectivity index (χ1) is 8.83. The highest BCUT2D eigenvalue weighted by molar-refractivity contribution is 5.78. The maximum atomic E-state index is 8.96. The minimum Gasteiger partial charge on any atom is -0.396 e. The molecule has 1 atom stereocenters. The number of aliphatic hydroxyl groups excluding tert-OH is 1. The summed E-state index contributed by atoms with van der Waals surface area (Å²) in [6, 6.07) is 10.8. The standard InChI is InChI=1S/C15H20N2O/c1-2-14(7-9-18)17-11-12-5-6-15-13(10-12)4-3-8-16-15/h3-6,8,10,14,17-18H,2,7,9,11H2,1H3. The average Bonchev–Trinajstić information content (AvgIpc) is 2.43. The Bertz CT molecular complexity index is 499. The van der Waals surface area contributed by atoms with Gasteiger partial charge in [-0.2, -0.15) is 0 Å². The molecule has 2 N–H and O–H groups in total. The van der Waals surface area contributed by atoms with Crippen molar-refractivity contribution in [2.24, 2.45) is 0 Å². The van der Waals surface area contributed by atoms with Crippen molar-refractivity contribution in [1.29, 1.82) is 0 Å². The lowest BCUT2D eigenvalue weighted by atomic mass is 10.1. The van der Waals surface area contributed by atoms with Crippen LogP contribution >= 0.6 is 0 Å². The molecule has 0 amide bonds. The van der Waals surface area contributed by atoms with E-state index >= 15 is 0 Å². The molecular weight excluding hydrogens is 224 g/mol. The van der Waals surface area contributed by atoms with Crippen LogP contribution in [0.5, 0.6) is 0 Å². The van der Waals surface area contributed by atoms with Gasteiger partial charge in [-0.25, -0.2) is 0 Å². The van der Waals surface area contributed by atoms with Crippen LogP contribution in [-0.4, -0.2) is 22.7 Å². The number of pyridine rings is 1. The molecule has 96 valence electrons. The van der Waals surface area contributed by atoms with Crippen molar-refractivity contribution in [3.05, 3.63) is 42.1 Å². The maximum Gasteiger partial charge on any atom is 0.0702 e. The first-order valence-corrected chi connectivity index (χ1v) is 6.51. The average molecular weight is 244 g/mol. The van der Waals surface area contributed by atoms with Gasteiger partial charge in [0.1, 0.15) is 0 Å². The van der Waals surface area contributed by atoms with Crippen molar-refractivity contribution in [2.75, 3.05) is 6.61 Å². The van der Waals surface area contributed by atoms with Crippen LogP contribution in [0.4, 0.5) is 0 Å². The second-order valence-corrected chi connectivity index (χ2v) is 4.53. The summed E-state index contributed by atoms with van der Waals surface area (Å²) in [5.74, 6) is 0. The van der Waals surface area contributed by atoms with Gasteiger partial charge >= 0.3 is 0 Å². The molecule has 0 spiro atoms. The van der Waals surface area contributed by atoms with Crippen LogP contribution in [0.3, 0.4) is 0 Å². The maximum absolute atomic E-state index is 8.96. The molecule has 1 heterocycles. The van der Waals surface area contributed by atoms with Crippen LogP contribution < -0.4 is 5.32 Å². The van der Waals surface area contributed by atoms with Crippen molar-refractivity contribution in [3.8, 4) is 0 Å². The Morgan fingerprint density at radius 1 is 1.33 bits per heavy atom. The topological polar surface area (TPSA) is 45.1 Å². The van der Waals surface area contributed by atoms with E-state index in [9.17, 15) is 0 Å². The number of nitrogens with one attached hydrogen (secondary N) is 1. The molecule has 3 heteroatoms. The summed E-state index contributed by atoms with van der Waals surface area (Å²) in [5, 5.41) is 13.6. The smallest absolute Gasteiger partial charge is 0.0702 e. The zero-order valence-corrected chi connectivity index (χ0v) is 10.8. The molecule has 18 heavy (non-hydrogen) atoms. The molecule has 1 unspecified atom stereocenters. The Balaban J connectivity index is 2.03. The molecule has 0 radical (unpaired) electrons. The third-order valence-electron chi connectivity index (χ3n) is 3.23. The third-order valence-corrected chi connectivity index (χ3v) is 3.23. The van der Waals surface area contributed by atoms with Gasteiger partial charge in [-0.05, 0) is 36.6 Å². The summed E-state index contributed by atoms with van der Waals surface area (Å²) in [6.07, 6.45) is 3.66. The number of benzene rings is 1. The van der Waals surface area contributed by atoms with E-state index in [2.05, 4.69) is 41.5 Å². The van der Waals surface area contributed by atoms with Crippen LogP contribution in [0, 0.1) is 0 Å². The lowest BCUT2D eigenvalue weighted by Crippen LogP contribution is -2.28. The zero-order valence-electron chi connectivity index (χ0n) is 10.8. The van der Waals surface area contributed by atoms with Crippen molar-refractivity contribution in [3.63, 3.8) is 0 Å². The Kier molecular flexibility index (Phi) is 4.67. The molecule has 0 bridgehead atoms. The fraction of sp³-hybridized carbons (Fsp3) is 0.400. The number of fused-ring (bicyclic) bond motifs is 1. The summed E-state index contributed by atoms with van der Waals surface area (Å²) in [7, 11) is 0. The number of rotatable bonds is 6. The molecule has 1 aromatic heterocycles. The van der Waals surface area contributed by atoms with E-state index < -0.39 is 0 Å². The van der Waals surface area contributed by atoms with E-state index in [0.29, 0.717) is 6.04 Å². The molecule has 0 aliphatic rings. The number of hydrogen-bond donors (Lipinski definition) is 2. The first-order valence-electron chi connectivity index (χ1n) is 6.51. The predicted octanol–water partition coefficient (Wildman–Crippen LogP) is 2.49. The molecule has 0 saturated carbocycles. The highest BCUT2D eigenvalue weighted by atomic mass is 16.3. The van der Waals surface area contributed by atoms with Crippen molar-refractivity contribution < 1.29 is 5.11 Å². The largest absolute Gasteiger partial charge is 0.396 e. The molecule has 2 aromatic rings. The molecule has 1 aromatic carbocycles. The Hall–Kier alpha value is -1.45. The van der Waals surface area contributed by atoms with E-state index in [-0.39, 0.29) is 6.61 Å². The summed E-state index contributed by atoms with van der Waals surface area (Å²) in [6.45, 7) is 3.22. The van der Waals surface area contributed by atoms with Gasteiger partial charge in [0.2, 0.25) is 0 Å². The fourth-order valence-corrected chi connectivity index (χ4v) is 2.10. The van der Waals surface area contributed by atoms with Gasteiger partial charge in [-0.15, -0.1) is 0 Å². The second kappa shape index (κ2) is 6.47. The quantitative estimate of drug-likeness (QED) is 0.820. The number of aromatic nitrogens is 1. The van der Waals surface area contributed by atoms with Crippen LogP contribution in [0.1, 0.15) is 25.3 Å². The normalized spacial score (nSPS) is 12.8. The number of hydrogen-bond acceptors (Lipinski definition) is 3. The second-order valence-electron chi connectivity index (χ2n) is 4.53. The van der Waals surface area contributed by atoms with Crippen LogP contribution in [-0.2, 0) is 6.54 Å². The molecule has 0 saturated heterocycles. The lowest BCUT2D eigenvalue weighted by Gasteiger charge is -2.15. The molecule has 0 fully saturated rings. The number of nitrogens with zero attached hydrogens (tertiary/aromatic N) is 1. The zero-order chi connectivity index (χ0) is 12.8. The molecule has 0 aliphatic heterocycles.